The van der Waals surface area contributed by atoms with Gasteiger partial charge in [-0.3, -0.25) is 34.1 Å². The van der Waals surface area contributed by atoms with E-state index in [4.69, 9.17) is 10.8 Å². The fraction of sp³-hybridized carbons (Fsp3) is 0.241. The molecule has 3 amide bonds. The Bertz CT molecular complexity index is 1530. The van der Waals surface area contributed by atoms with Crippen molar-refractivity contribution in [2.75, 3.05) is 5.32 Å². The minimum absolute atomic E-state index is 0.0534. The summed E-state index contributed by atoms with van der Waals surface area (Å²) in [5.41, 5.74) is 7.11. The SMILES string of the molecule is CC(=O)c1cc(O)ccc1C[C@H](N)C(=O)Nc1ccc(Cc2ccccc2)n(CC(=O)NC(=O)CCC(=O)O)c1=O. The number of rotatable bonds is 12. The van der Waals surface area contributed by atoms with E-state index in [-0.39, 0.29) is 35.6 Å². The Morgan fingerprint density at radius 1 is 0.951 bits per heavy atom. The number of hydrogen-bond acceptors (Lipinski definition) is 8. The van der Waals surface area contributed by atoms with Crippen LogP contribution in [0.5, 0.6) is 5.75 Å². The van der Waals surface area contributed by atoms with E-state index in [1.165, 1.54) is 31.2 Å². The Kier molecular flexibility index (Phi) is 10.3. The van der Waals surface area contributed by atoms with E-state index in [0.29, 0.717) is 11.3 Å². The van der Waals surface area contributed by atoms with E-state index in [1.807, 2.05) is 30.3 Å². The number of aromatic hydroxyl groups is 1. The van der Waals surface area contributed by atoms with E-state index >= 15 is 0 Å². The van der Waals surface area contributed by atoms with Crippen LogP contribution in [0.15, 0.2) is 65.5 Å². The first-order chi connectivity index (χ1) is 19.4. The highest BCUT2D eigenvalue weighted by molar-refractivity contribution is 5.98. The van der Waals surface area contributed by atoms with E-state index < -0.39 is 54.7 Å². The van der Waals surface area contributed by atoms with Gasteiger partial charge in [-0.15, -0.1) is 0 Å². The van der Waals surface area contributed by atoms with Crippen molar-refractivity contribution in [3.8, 4) is 5.75 Å². The standard InChI is InChI=1S/C29H30N4O8/c1-17(34)22-15-21(35)9-7-19(22)14-23(30)28(40)31-24-10-8-20(13-18-5-3-2-4-6-18)33(29(24)41)16-26(37)32-25(36)11-12-27(38)39/h2-10,15,23,35H,11-14,16,30H2,1H3,(H,31,40)(H,38,39)(H,32,36,37)/t23-/m0/s1. The predicted octanol–water partition coefficient (Wildman–Crippen LogP) is 1.36. The number of carboxylic acid groups (broad SMARTS) is 1. The van der Waals surface area contributed by atoms with Crippen molar-refractivity contribution >= 4 is 35.2 Å². The van der Waals surface area contributed by atoms with Crippen molar-refractivity contribution in [1.29, 1.82) is 0 Å². The highest BCUT2D eigenvalue weighted by Crippen LogP contribution is 2.19. The maximum Gasteiger partial charge on any atom is 0.303 e. The highest BCUT2D eigenvalue weighted by Gasteiger charge is 2.21. The molecule has 1 atom stereocenters. The maximum absolute atomic E-state index is 13.4. The number of carbonyl (C=O) groups is 5. The number of phenols is 1. The van der Waals surface area contributed by atoms with Crippen molar-refractivity contribution in [3.63, 3.8) is 0 Å². The van der Waals surface area contributed by atoms with Gasteiger partial charge in [0.1, 0.15) is 18.0 Å². The fourth-order valence-corrected chi connectivity index (χ4v) is 4.09. The normalized spacial score (nSPS) is 11.4. The summed E-state index contributed by atoms with van der Waals surface area (Å²) in [7, 11) is 0. The minimum atomic E-state index is -1.20. The molecule has 214 valence electrons. The van der Waals surface area contributed by atoms with Gasteiger partial charge in [-0.05, 0) is 48.7 Å². The van der Waals surface area contributed by atoms with Crippen molar-refractivity contribution in [2.45, 2.75) is 45.2 Å². The topological polar surface area (TPSA) is 198 Å². The van der Waals surface area contributed by atoms with Crippen molar-refractivity contribution < 1.29 is 34.2 Å². The molecule has 0 fully saturated rings. The molecular formula is C29H30N4O8. The van der Waals surface area contributed by atoms with E-state index in [2.05, 4.69) is 10.6 Å². The van der Waals surface area contributed by atoms with Gasteiger partial charge < -0.3 is 25.8 Å². The molecule has 1 aromatic heterocycles. The number of hydrogen-bond donors (Lipinski definition) is 5. The third-order valence-corrected chi connectivity index (χ3v) is 6.15. The van der Waals surface area contributed by atoms with Crippen LogP contribution in [0.2, 0.25) is 0 Å². The summed E-state index contributed by atoms with van der Waals surface area (Å²) < 4.78 is 1.11. The Hall–Kier alpha value is -5.10. The molecule has 3 rings (SSSR count). The first kappa shape index (κ1) is 30.4. The second kappa shape index (κ2) is 13.8. The number of carbonyl (C=O) groups excluding carboxylic acids is 4. The van der Waals surface area contributed by atoms with Gasteiger partial charge in [0, 0.05) is 24.1 Å². The largest absolute Gasteiger partial charge is 0.508 e. The van der Waals surface area contributed by atoms with Crippen LogP contribution >= 0.6 is 0 Å². The third kappa shape index (κ3) is 8.70. The molecule has 0 spiro atoms. The molecule has 3 aromatic rings. The van der Waals surface area contributed by atoms with Gasteiger partial charge in [0.15, 0.2) is 5.78 Å². The van der Waals surface area contributed by atoms with Gasteiger partial charge in [-0.25, -0.2) is 0 Å². The Morgan fingerprint density at radius 3 is 2.32 bits per heavy atom. The van der Waals surface area contributed by atoms with Crippen LogP contribution in [0.3, 0.4) is 0 Å². The first-order valence-electron chi connectivity index (χ1n) is 12.6. The molecule has 41 heavy (non-hydrogen) atoms. The average Bonchev–Trinajstić information content (AvgIpc) is 2.92. The zero-order valence-electron chi connectivity index (χ0n) is 22.3. The van der Waals surface area contributed by atoms with Crippen molar-refractivity contribution in [2.24, 2.45) is 5.73 Å². The Balaban J connectivity index is 1.84. The third-order valence-electron chi connectivity index (χ3n) is 6.15. The molecule has 0 saturated carbocycles. The number of pyridine rings is 1. The highest BCUT2D eigenvalue weighted by atomic mass is 16.4. The number of aliphatic carboxylic acids is 1. The molecule has 12 heteroatoms. The smallest absolute Gasteiger partial charge is 0.303 e. The zero-order chi connectivity index (χ0) is 30.1. The molecule has 0 bridgehead atoms. The first-order valence-corrected chi connectivity index (χ1v) is 12.6. The van der Waals surface area contributed by atoms with Crippen LogP contribution in [0, 0.1) is 0 Å². The Morgan fingerprint density at radius 2 is 1.66 bits per heavy atom. The number of phenolic OH excluding ortho intramolecular Hbond substituents is 1. The van der Waals surface area contributed by atoms with Crippen LogP contribution in [0.25, 0.3) is 0 Å². The van der Waals surface area contributed by atoms with E-state index in [9.17, 15) is 33.9 Å². The minimum Gasteiger partial charge on any atom is -0.508 e. The number of carboxylic acids is 1. The van der Waals surface area contributed by atoms with Crippen LogP contribution in [-0.4, -0.2) is 50.3 Å². The van der Waals surface area contributed by atoms with Gasteiger partial charge >= 0.3 is 5.97 Å². The quantitative estimate of drug-likeness (QED) is 0.202. The molecule has 0 aliphatic carbocycles. The summed E-state index contributed by atoms with van der Waals surface area (Å²) in [4.78, 5) is 73.5. The number of aromatic nitrogens is 1. The second-order valence-corrected chi connectivity index (χ2v) is 9.35. The number of nitrogens with two attached hydrogens (primary N) is 1. The number of Topliss-reactive ketones (excluding diaryl/α,β-unsaturated/α-hetero) is 1. The zero-order valence-corrected chi connectivity index (χ0v) is 22.3. The number of anilines is 1. The molecule has 0 unspecified atom stereocenters. The monoisotopic (exact) mass is 562 g/mol. The van der Waals surface area contributed by atoms with E-state index in [1.54, 1.807) is 6.07 Å². The molecule has 2 aromatic carbocycles. The number of ketones is 1. The number of nitrogens with zero attached hydrogens (tertiary/aromatic N) is 1. The fourth-order valence-electron chi connectivity index (χ4n) is 4.09. The summed E-state index contributed by atoms with van der Waals surface area (Å²) in [6, 6.07) is 15.0. The molecule has 0 aliphatic heterocycles. The summed E-state index contributed by atoms with van der Waals surface area (Å²) in [6.45, 7) is 0.754. The van der Waals surface area contributed by atoms with Gasteiger partial charge in [-0.1, -0.05) is 36.4 Å². The number of nitrogens with one attached hydrogen (secondary N) is 2. The molecular weight excluding hydrogens is 532 g/mol. The average molecular weight is 563 g/mol. The lowest BCUT2D eigenvalue weighted by atomic mass is 9.97. The van der Waals surface area contributed by atoms with Crippen LogP contribution < -0.4 is 21.9 Å². The lowest BCUT2D eigenvalue weighted by molar-refractivity contribution is -0.140. The van der Waals surface area contributed by atoms with Crippen molar-refractivity contribution in [3.05, 3.63) is 93.4 Å². The predicted molar refractivity (Wildman–Crippen MR) is 148 cm³/mol. The summed E-state index contributed by atoms with van der Waals surface area (Å²) in [5, 5.41) is 23.0. The summed E-state index contributed by atoms with van der Waals surface area (Å²) in [6.07, 6.45) is -0.660. The maximum atomic E-state index is 13.4. The summed E-state index contributed by atoms with van der Waals surface area (Å²) in [5.74, 6) is -3.98. The number of amides is 3. The lowest BCUT2D eigenvalue weighted by Gasteiger charge is -2.17. The van der Waals surface area contributed by atoms with Gasteiger partial charge in [0.25, 0.3) is 5.56 Å². The van der Waals surface area contributed by atoms with Crippen LogP contribution in [0.1, 0.15) is 46.9 Å². The number of benzene rings is 2. The molecule has 0 saturated heterocycles. The molecule has 12 nitrogen and oxygen atoms in total. The van der Waals surface area contributed by atoms with Crippen molar-refractivity contribution in [1.82, 2.24) is 9.88 Å². The number of imide groups is 1. The van der Waals surface area contributed by atoms with Crippen LogP contribution in [-0.2, 0) is 38.6 Å². The summed E-state index contributed by atoms with van der Waals surface area (Å²) >= 11 is 0. The van der Waals surface area contributed by atoms with Gasteiger partial charge in [0.05, 0.1) is 12.5 Å². The van der Waals surface area contributed by atoms with E-state index in [0.717, 1.165) is 10.1 Å². The van der Waals surface area contributed by atoms with Gasteiger partial charge in [-0.2, -0.15) is 0 Å². The molecule has 0 aliphatic rings. The molecule has 0 radical (unpaired) electrons. The second-order valence-electron chi connectivity index (χ2n) is 9.35. The van der Waals surface area contributed by atoms with Gasteiger partial charge in [0.2, 0.25) is 17.7 Å². The lowest BCUT2D eigenvalue weighted by Crippen LogP contribution is -2.41. The van der Waals surface area contributed by atoms with Crippen LogP contribution in [0.4, 0.5) is 5.69 Å². The molecule has 1 heterocycles. The molecule has 6 N–H and O–H groups in total. The Labute approximate surface area is 234 Å².